The maximum absolute atomic E-state index is 9.61. The Bertz CT molecular complexity index is 1040. The van der Waals surface area contributed by atoms with Crippen LogP contribution in [0.25, 0.3) is 10.9 Å². The lowest BCUT2D eigenvalue weighted by atomic mass is 9.83. The number of pyridine rings is 1. The standard InChI is InChI=1S/C19H12BrN3O/c20-13-5-1-3-12(9-13)16-14-7-6-11-4-2-8-23-17(11)18(14)24-19(22)15(16)10-21/h1-9,16H,22H2/t16-/m0/s1. The second-order valence-corrected chi connectivity index (χ2v) is 6.45. The van der Waals surface area contributed by atoms with Crippen LogP contribution in [-0.2, 0) is 0 Å². The van der Waals surface area contributed by atoms with Gasteiger partial charge in [0.25, 0.3) is 0 Å². The van der Waals surface area contributed by atoms with Crippen LogP contribution in [0.15, 0.2) is 70.7 Å². The van der Waals surface area contributed by atoms with Gasteiger partial charge in [0, 0.05) is 21.6 Å². The summed E-state index contributed by atoms with van der Waals surface area (Å²) in [6, 6.07) is 17.9. The first-order valence-electron chi connectivity index (χ1n) is 7.39. The number of fused-ring (bicyclic) bond motifs is 3. The monoisotopic (exact) mass is 377 g/mol. The van der Waals surface area contributed by atoms with Gasteiger partial charge < -0.3 is 10.5 Å². The number of benzene rings is 2. The molecular weight excluding hydrogens is 366 g/mol. The summed E-state index contributed by atoms with van der Waals surface area (Å²) in [5, 5.41) is 10.6. The molecule has 0 aliphatic carbocycles. The third-order valence-corrected chi connectivity index (χ3v) is 4.63. The van der Waals surface area contributed by atoms with Crippen molar-refractivity contribution in [3.63, 3.8) is 0 Å². The zero-order valence-corrected chi connectivity index (χ0v) is 14.1. The van der Waals surface area contributed by atoms with E-state index in [2.05, 4.69) is 27.0 Å². The smallest absolute Gasteiger partial charge is 0.205 e. The van der Waals surface area contributed by atoms with Gasteiger partial charge in [0.1, 0.15) is 17.2 Å². The SMILES string of the molecule is N#CC1=C(N)Oc2c(ccc3cccnc23)[C@@H]1c1cccc(Br)c1. The Balaban J connectivity index is 2.02. The molecule has 24 heavy (non-hydrogen) atoms. The Kier molecular flexibility index (Phi) is 3.47. The molecule has 2 N–H and O–H groups in total. The van der Waals surface area contributed by atoms with Gasteiger partial charge >= 0.3 is 0 Å². The topological polar surface area (TPSA) is 71.9 Å². The number of nitrogens with two attached hydrogens (primary N) is 1. The van der Waals surface area contributed by atoms with E-state index in [0.717, 1.165) is 26.5 Å². The van der Waals surface area contributed by atoms with Crippen LogP contribution in [0.3, 0.4) is 0 Å². The molecule has 116 valence electrons. The molecule has 0 amide bonds. The fraction of sp³-hybridized carbons (Fsp3) is 0.0526. The third-order valence-electron chi connectivity index (χ3n) is 4.14. The fourth-order valence-electron chi connectivity index (χ4n) is 3.08. The van der Waals surface area contributed by atoms with Crippen LogP contribution in [0.2, 0.25) is 0 Å². The van der Waals surface area contributed by atoms with Crippen LogP contribution >= 0.6 is 15.9 Å². The summed E-state index contributed by atoms with van der Waals surface area (Å²) in [6.07, 6.45) is 1.72. The van der Waals surface area contributed by atoms with E-state index >= 15 is 0 Å². The van der Waals surface area contributed by atoms with E-state index in [-0.39, 0.29) is 11.8 Å². The Labute approximate surface area is 147 Å². The highest BCUT2D eigenvalue weighted by molar-refractivity contribution is 9.10. The molecule has 0 unspecified atom stereocenters. The quantitative estimate of drug-likeness (QED) is 0.688. The summed E-state index contributed by atoms with van der Waals surface area (Å²) >= 11 is 3.49. The Hall–Kier alpha value is -2.84. The summed E-state index contributed by atoms with van der Waals surface area (Å²) in [7, 11) is 0. The summed E-state index contributed by atoms with van der Waals surface area (Å²) in [6.45, 7) is 0. The summed E-state index contributed by atoms with van der Waals surface area (Å²) in [4.78, 5) is 4.43. The van der Waals surface area contributed by atoms with Gasteiger partial charge in [-0.3, -0.25) is 4.98 Å². The van der Waals surface area contributed by atoms with E-state index in [4.69, 9.17) is 10.5 Å². The van der Waals surface area contributed by atoms with Crippen molar-refractivity contribution < 1.29 is 4.74 Å². The molecule has 0 spiro atoms. The number of nitriles is 1. The molecule has 2 heterocycles. The van der Waals surface area contributed by atoms with Crippen LogP contribution in [0.5, 0.6) is 5.75 Å². The molecule has 0 saturated carbocycles. The fourth-order valence-corrected chi connectivity index (χ4v) is 3.50. The molecule has 4 nitrogen and oxygen atoms in total. The number of nitrogens with zero attached hydrogens (tertiary/aromatic N) is 2. The van der Waals surface area contributed by atoms with Gasteiger partial charge in [-0.05, 0) is 23.8 Å². The van der Waals surface area contributed by atoms with Crippen LogP contribution in [-0.4, -0.2) is 4.98 Å². The van der Waals surface area contributed by atoms with Gasteiger partial charge in [-0.25, -0.2) is 0 Å². The van der Waals surface area contributed by atoms with Crippen LogP contribution < -0.4 is 10.5 Å². The van der Waals surface area contributed by atoms with Gasteiger partial charge in [0.2, 0.25) is 5.88 Å². The Morgan fingerprint density at radius 2 is 2.04 bits per heavy atom. The van der Waals surface area contributed by atoms with Gasteiger partial charge in [-0.1, -0.05) is 46.3 Å². The van der Waals surface area contributed by atoms with Crippen LogP contribution in [0.1, 0.15) is 17.0 Å². The van der Waals surface area contributed by atoms with Crippen molar-refractivity contribution in [1.82, 2.24) is 4.98 Å². The molecule has 0 radical (unpaired) electrons. The van der Waals surface area contributed by atoms with E-state index < -0.39 is 0 Å². The third kappa shape index (κ3) is 2.24. The van der Waals surface area contributed by atoms with Crippen molar-refractivity contribution in [1.29, 1.82) is 5.26 Å². The van der Waals surface area contributed by atoms with Crippen LogP contribution in [0.4, 0.5) is 0 Å². The van der Waals surface area contributed by atoms with Gasteiger partial charge in [0.15, 0.2) is 5.75 Å². The lowest BCUT2D eigenvalue weighted by Crippen LogP contribution is -2.21. The number of ether oxygens (including phenoxy) is 1. The summed E-state index contributed by atoms with van der Waals surface area (Å²) in [5.41, 5.74) is 9.08. The number of halogens is 1. The minimum atomic E-state index is -0.275. The minimum Gasteiger partial charge on any atom is -0.438 e. The normalized spacial score (nSPS) is 16.4. The first kappa shape index (κ1) is 14.7. The second kappa shape index (κ2) is 5.66. The molecule has 0 saturated heterocycles. The van der Waals surface area contributed by atoms with E-state index in [0.29, 0.717) is 11.3 Å². The predicted molar refractivity (Wildman–Crippen MR) is 95.2 cm³/mol. The van der Waals surface area contributed by atoms with Crippen molar-refractivity contribution in [2.45, 2.75) is 5.92 Å². The maximum Gasteiger partial charge on any atom is 0.205 e. The van der Waals surface area contributed by atoms with Crippen molar-refractivity contribution in [2.24, 2.45) is 5.73 Å². The lowest BCUT2D eigenvalue weighted by Gasteiger charge is -2.27. The summed E-state index contributed by atoms with van der Waals surface area (Å²) < 4.78 is 6.74. The van der Waals surface area contributed by atoms with Gasteiger partial charge in [0.05, 0.1) is 5.92 Å². The molecule has 4 rings (SSSR count). The summed E-state index contributed by atoms with van der Waals surface area (Å²) in [5.74, 6) is 0.477. The van der Waals surface area contributed by atoms with E-state index in [9.17, 15) is 5.26 Å². The molecule has 2 aromatic carbocycles. The maximum atomic E-state index is 9.61. The van der Waals surface area contributed by atoms with E-state index in [1.165, 1.54) is 0 Å². The van der Waals surface area contributed by atoms with Crippen LogP contribution in [0, 0.1) is 11.3 Å². The molecular formula is C19H12BrN3O. The molecule has 0 fully saturated rings. The molecule has 1 aliphatic heterocycles. The van der Waals surface area contributed by atoms with Crippen molar-refractivity contribution in [3.8, 4) is 11.8 Å². The first-order valence-corrected chi connectivity index (χ1v) is 8.19. The van der Waals surface area contributed by atoms with Gasteiger partial charge in [-0.15, -0.1) is 0 Å². The predicted octanol–water partition coefficient (Wildman–Crippen LogP) is 4.22. The number of hydrogen-bond donors (Lipinski definition) is 1. The minimum absolute atomic E-state index is 0.133. The number of hydrogen-bond acceptors (Lipinski definition) is 4. The average Bonchev–Trinajstić information content (AvgIpc) is 2.60. The Morgan fingerprint density at radius 1 is 1.17 bits per heavy atom. The molecule has 3 aromatic rings. The van der Waals surface area contributed by atoms with Crippen molar-refractivity contribution in [3.05, 3.63) is 81.8 Å². The van der Waals surface area contributed by atoms with Crippen molar-refractivity contribution >= 4 is 26.8 Å². The molecule has 5 heteroatoms. The van der Waals surface area contributed by atoms with Gasteiger partial charge in [-0.2, -0.15) is 5.26 Å². The van der Waals surface area contributed by atoms with Crippen molar-refractivity contribution in [2.75, 3.05) is 0 Å². The van der Waals surface area contributed by atoms with E-state index in [1.54, 1.807) is 6.20 Å². The molecule has 0 bridgehead atoms. The lowest BCUT2D eigenvalue weighted by molar-refractivity contribution is 0.397. The van der Waals surface area contributed by atoms with E-state index in [1.807, 2.05) is 48.5 Å². The molecule has 1 aromatic heterocycles. The molecule has 1 atom stereocenters. The number of allylic oxidation sites excluding steroid dienone is 1. The highest BCUT2D eigenvalue weighted by Gasteiger charge is 2.32. The highest BCUT2D eigenvalue weighted by Crippen LogP contribution is 2.44. The molecule has 1 aliphatic rings. The highest BCUT2D eigenvalue weighted by atomic mass is 79.9. The second-order valence-electron chi connectivity index (χ2n) is 5.54. The average molecular weight is 378 g/mol. The largest absolute Gasteiger partial charge is 0.438 e. The first-order chi connectivity index (χ1) is 11.7. The number of aromatic nitrogens is 1. The zero-order valence-electron chi connectivity index (χ0n) is 12.5. The Morgan fingerprint density at radius 3 is 2.83 bits per heavy atom. The zero-order chi connectivity index (χ0) is 16.7. The number of rotatable bonds is 1.